The van der Waals surface area contributed by atoms with Gasteiger partial charge in [0, 0.05) is 7.11 Å². The maximum absolute atomic E-state index is 5.29. The van der Waals surface area contributed by atoms with Crippen molar-refractivity contribution in [2.24, 2.45) is 0 Å². The van der Waals surface area contributed by atoms with E-state index >= 15 is 0 Å². The molecule has 0 saturated carbocycles. The van der Waals surface area contributed by atoms with E-state index < -0.39 is 9.20 Å². The summed E-state index contributed by atoms with van der Waals surface area (Å²) in [6.45, 7) is 10.2. The molecular weight excluding hydrogens is 142 g/mol. The van der Waals surface area contributed by atoms with E-state index in [2.05, 4.69) is 25.0 Å². The van der Waals surface area contributed by atoms with E-state index in [1.165, 1.54) is 0 Å². The first-order valence-electron chi connectivity index (χ1n) is 3.69. The third-order valence-electron chi connectivity index (χ3n) is 1.62. The van der Waals surface area contributed by atoms with Crippen molar-refractivity contribution in [2.45, 2.75) is 13.8 Å². The number of rotatable bonds is 5. The molecule has 0 saturated heterocycles. The molecule has 1 atom stereocenters. The molecule has 0 heterocycles. The van der Waals surface area contributed by atoms with E-state index in [-0.39, 0.29) is 0 Å². The summed E-state index contributed by atoms with van der Waals surface area (Å²) in [5, 5.41) is 0. The van der Waals surface area contributed by atoms with Crippen molar-refractivity contribution in [3.8, 4) is 0 Å². The maximum atomic E-state index is 5.29. The molecule has 0 N–H and O–H groups in total. The minimum Gasteiger partial charge on any atom is -0.406 e. The molecular formula is C7H17NOSi. The Balaban J connectivity index is 3.81. The molecule has 1 unspecified atom stereocenters. The molecule has 0 aliphatic carbocycles. The van der Waals surface area contributed by atoms with E-state index in [4.69, 9.17) is 4.43 Å². The van der Waals surface area contributed by atoms with Crippen molar-refractivity contribution in [1.82, 2.24) is 4.57 Å². The fraction of sp³-hybridized carbons (Fsp3) is 0.714. The highest BCUT2D eigenvalue weighted by atomic mass is 28.3. The number of nitrogens with zero attached hydrogens (tertiary/aromatic N) is 1. The van der Waals surface area contributed by atoms with Crippen LogP contribution in [0.2, 0.25) is 0 Å². The van der Waals surface area contributed by atoms with E-state index in [0.717, 1.165) is 13.1 Å². The number of hydrogen-bond donors (Lipinski definition) is 0. The minimum atomic E-state index is -1.21. The summed E-state index contributed by atoms with van der Waals surface area (Å²) >= 11 is 0. The van der Waals surface area contributed by atoms with Crippen LogP contribution in [0.15, 0.2) is 12.3 Å². The summed E-state index contributed by atoms with van der Waals surface area (Å²) in [6, 6.07) is 0. The average Bonchev–Trinajstić information content (AvgIpc) is 2.00. The molecule has 0 aromatic rings. The highest BCUT2D eigenvalue weighted by Gasteiger charge is 2.12. The summed E-state index contributed by atoms with van der Waals surface area (Å²) in [5.74, 6) is 0. The second-order valence-corrected chi connectivity index (χ2v) is 4.54. The lowest BCUT2D eigenvalue weighted by Crippen LogP contribution is -2.39. The lowest BCUT2D eigenvalue weighted by atomic mass is 10.7. The van der Waals surface area contributed by atoms with Crippen LogP contribution in [0.5, 0.6) is 0 Å². The summed E-state index contributed by atoms with van der Waals surface area (Å²) in [6.07, 6.45) is 0. The summed E-state index contributed by atoms with van der Waals surface area (Å²) in [4.78, 5) is 0. The molecule has 0 aromatic heterocycles. The van der Waals surface area contributed by atoms with Gasteiger partial charge in [0.15, 0.2) is 0 Å². The normalized spacial score (nSPS) is 13.6. The van der Waals surface area contributed by atoms with Crippen molar-refractivity contribution >= 4 is 9.20 Å². The number of hydrogen-bond acceptors (Lipinski definition) is 2. The molecule has 0 rings (SSSR count). The Kier molecular flexibility index (Phi) is 5.58. The van der Waals surface area contributed by atoms with E-state index in [1.807, 2.05) is 5.70 Å². The Bertz CT molecular complexity index is 93.6. The van der Waals surface area contributed by atoms with Gasteiger partial charge < -0.3 is 8.99 Å². The van der Waals surface area contributed by atoms with Crippen LogP contribution >= 0.6 is 0 Å². The molecule has 0 spiro atoms. The smallest absolute Gasteiger partial charge is 0.279 e. The highest BCUT2D eigenvalue weighted by molar-refractivity contribution is 6.54. The lowest BCUT2D eigenvalue weighted by molar-refractivity contribution is 0.338. The molecule has 0 fully saturated rings. The van der Waals surface area contributed by atoms with Crippen molar-refractivity contribution in [1.29, 1.82) is 0 Å². The van der Waals surface area contributed by atoms with Crippen LogP contribution in [0.25, 0.3) is 0 Å². The van der Waals surface area contributed by atoms with E-state index in [0.29, 0.717) is 0 Å². The molecule has 10 heavy (non-hydrogen) atoms. The first-order valence-corrected chi connectivity index (χ1v) is 5.34. The van der Waals surface area contributed by atoms with E-state index in [9.17, 15) is 0 Å². The van der Waals surface area contributed by atoms with Gasteiger partial charge in [-0.15, -0.1) is 6.58 Å². The second-order valence-electron chi connectivity index (χ2n) is 2.08. The molecule has 0 aliphatic heterocycles. The fourth-order valence-electron chi connectivity index (χ4n) is 0.978. The molecule has 0 aliphatic rings. The molecule has 0 amide bonds. The van der Waals surface area contributed by atoms with Gasteiger partial charge in [-0.25, -0.2) is 0 Å². The fourth-order valence-corrected chi connectivity index (χ4v) is 2.49. The zero-order valence-corrected chi connectivity index (χ0v) is 8.29. The van der Waals surface area contributed by atoms with Crippen molar-refractivity contribution < 1.29 is 4.43 Å². The third kappa shape index (κ3) is 2.64. The van der Waals surface area contributed by atoms with Gasteiger partial charge in [0.05, 0.1) is 0 Å². The molecule has 0 aromatic carbocycles. The van der Waals surface area contributed by atoms with Crippen LogP contribution in [-0.2, 0) is 4.43 Å². The van der Waals surface area contributed by atoms with Gasteiger partial charge in [0.2, 0.25) is 0 Å². The Morgan fingerprint density at radius 2 is 2.00 bits per heavy atom. The van der Waals surface area contributed by atoms with Gasteiger partial charge in [-0.2, -0.15) is 0 Å². The van der Waals surface area contributed by atoms with Gasteiger partial charge in [-0.3, -0.25) is 0 Å². The molecule has 0 bridgehead atoms. The Morgan fingerprint density at radius 3 is 2.10 bits per heavy atom. The Hall–Kier alpha value is -0.123. The van der Waals surface area contributed by atoms with Crippen molar-refractivity contribution in [2.75, 3.05) is 20.2 Å². The van der Waals surface area contributed by atoms with Crippen LogP contribution in [0.1, 0.15) is 13.8 Å². The van der Waals surface area contributed by atoms with Crippen molar-refractivity contribution in [3.63, 3.8) is 0 Å². The van der Waals surface area contributed by atoms with Crippen LogP contribution in [0.4, 0.5) is 0 Å². The molecule has 60 valence electrons. The third-order valence-corrected chi connectivity index (χ3v) is 3.95. The SMILES string of the molecule is C=C[SiH](OC)N(CC)CC. The largest absolute Gasteiger partial charge is 0.406 e. The van der Waals surface area contributed by atoms with Crippen LogP contribution in [0.3, 0.4) is 0 Å². The molecule has 2 nitrogen and oxygen atoms in total. The monoisotopic (exact) mass is 159 g/mol. The Morgan fingerprint density at radius 1 is 1.50 bits per heavy atom. The van der Waals surface area contributed by atoms with Crippen LogP contribution < -0.4 is 0 Å². The van der Waals surface area contributed by atoms with Crippen LogP contribution in [0, 0.1) is 0 Å². The maximum Gasteiger partial charge on any atom is 0.279 e. The summed E-state index contributed by atoms with van der Waals surface area (Å²) in [7, 11) is 0.551. The predicted octanol–water partition coefficient (Wildman–Crippen LogP) is 0.920. The zero-order valence-electron chi connectivity index (χ0n) is 7.13. The van der Waals surface area contributed by atoms with Gasteiger partial charge >= 0.3 is 0 Å². The van der Waals surface area contributed by atoms with Crippen LogP contribution in [-0.4, -0.2) is 34.0 Å². The molecule has 0 radical (unpaired) electrons. The van der Waals surface area contributed by atoms with Crippen molar-refractivity contribution in [3.05, 3.63) is 12.3 Å². The predicted molar refractivity (Wildman–Crippen MR) is 47.3 cm³/mol. The van der Waals surface area contributed by atoms with Gasteiger partial charge in [-0.05, 0) is 13.1 Å². The first kappa shape index (κ1) is 9.88. The highest BCUT2D eigenvalue weighted by Crippen LogP contribution is 1.94. The Labute approximate surface area is 65.3 Å². The minimum absolute atomic E-state index is 1.06. The topological polar surface area (TPSA) is 12.5 Å². The summed E-state index contributed by atoms with van der Waals surface area (Å²) in [5.41, 5.74) is 1.95. The molecule has 3 heteroatoms. The average molecular weight is 159 g/mol. The van der Waals surface area contributed by atoms with E-state index in [1.54, 1.807) is 7.11 Å². The lowest BCUT2D eigenvalue weighted by Gasteiger charge is -2.23. The standard InChI is InChI=1S/C7H17NOSi/c1-5-8(6-2)10(7-3)9-4/h7,10H,3,5-6H2,1-2,4H3. The van der Waals surface area contributed by atoms with Gasteiger partial charge in [0.1, 0.15) is 0 Å². The quantitative estimate of drug-likeness (QED) is 0.553. The first-order chi connectivity index (χ1) is 4.79. The van der Waals surface area contributed by atoms with Gasteiger partial charge in [0.25, 0.3) is 9.20 Å². The second kappa shape index (κ2) is 5.65. The zero-order chi connectivity index (χ0) is 7.98. The summed E-state index contributed by atoms with van der Waals surface area (Å²) < 4.78 is 7.62. The van der Waals surface area contributed by atoms with Gasteiger partial charge in [-0.1, -0.05) is 19.5 Å².